The van der Waals surface area contributed by atoms with Gasteiger partial charge in [0.2, 0.25) is 0 Å². The lowest BCUT2D eigenvalue weighted by atomic mass is 9.84. The van der Waals surface area contributed by atoms with Crippen LogP contribution in [-0.2, 0) is 13.0 Å². The van der Waals surface area contributed by atoms with Crippen molar-refractivity contribution < 1.29 is 0 Å². The molecule has 3 nitrogen and oxygen atoms in total. The summed E-state index contributed by atoms with van der Waals surface area (Å²) in [5.41, 5.74) is 2.62. The Morgan fingerprint density at radius 3 is 2.39 bits per heavy atom. The van der Waals surface area contributed by atoms with Gasteiger partial charge in [0.15, 0.2) is 0 Å². The molecule has 0 aliphatic heterocycles. The molecule has 1 unspecified atom stereocenters. The molecule has 0 aromatic carbocycles. The molecule has 104 valence electrons. The normalized spacial score (nSPS) is 13.9. The summed E-state index contributed by atoms with van der Waals surface area (Å²) < 4.78 is 3.27. The maximum Gasteiger partial charge on any atom is 0.0738 e. The SMILES string of the molecule is CCNC(Cc1c(Br)c(C)nn1CC)C(C)(C)C. The largest absolute Gasteiger partial charge is 0.313 e. The Morgan fingerprint density at radius 1 is 1.33 bits per heavy atom. The molecule has 1 rings (SSSR count). The second kappa shape index (κ2) is 6.20. The van der Waals surface area contributed by atoms with E-state index in [4.69, 9.17) is 0 Å². The molecular weight excluding hydrogens is 290 g/mol. The number of likely N-dealkylation sites (N-methyl/N-ethyl adjacent to an activating group) is 1. The van der Waals surface area contributed by atoms with Crippen molar-refractivity contribution in [3.8, 4) is 0 Å². The lowest BCUT2D eigenvalue weighted by Gasteiger charge is -2.31. The molecule has 4 heteroatoms. The van der Waals surface area contributed by atoms with Crippen LogP contribution in [0.4, 0.5) is 0 Å². The number of rotatable bonds is 5. The summed E-state index contributed by atoms with van der Waals surface area (Å²) in [4.78, 5) is 0. The van der Waals surface area contributed by atoms with Crippen molar-refractivity contribution in [2.24, 2.45) is 5.41 Å². The number of hydrogen-bond donors (Lipinski definition) is 1. The first-order chi connectivity index (χ1) is 8.31. The van der Waals surface area contributed by atoms with Gasteiger partial charge >= 0.3 is 0 Å². The van der Waals surface area contributed by atoms with Crippen molar-refractivity contribution in [2.75, 3.05) is 6.54 Å². The van der Waals surface area contributed by atoms with E-state index in [2.05, 4.69) is 72.6 Å². The van der Waals surface area contributed by atoms with Gasteiger partial charge < -0.3 is 5.32 Å². The summed E-state index contributed by atoms with van der Waals surface area (Å²) in [6.45, 7) is 15.1. The first-order valence-corrected chi connectivity index (χ1v) is 7.55. The molecule has 0 radical (unpaired) electrons. The summed E-state index contributed by atoms with van der Waals surface area (Å²) in [7, 11) is 0. The molecule has 1 heterocycles. The van der Waals surface area contributed by atoms with Gasteiger partial charge in [0.1, 0.15) is 0 Å². The summed E-state index contributed by atoms with van der Waals surface area (Å²) in [5.74, 6) is 0. The Morgan fingerprint density at radius 2 is 1.94 bits per heavy atom. The van der Waals surface area contributed by atoms with E-state index < -0.39 is 0 Å². The third-order valence-corrected chi connectivity index (χ3v) is 4.38. The van der Waals surface area contributed by atoms with Gasteiger partial charge in [-0.1, -0.05) is 27.7 Å². The third-order valence-electron chi connectivity index (χ3n) is 3.35. The monoisotopic (exact) mass is 315 g/mol. The van der Waals surface area contributed by atoms with Gasteiger partial charge in [-0.3, -0.25) is 4.68 Å². The predicted octanol–water partition coefficient (Wildman–Crippen LogP) is 3.54. The molecule has 18 heavy (non-hydrogen) atoms. The zero-order valence-electron chi connectivity index (χ0n) is 12.5. The maximum absolute atomic E-state index is 4.57. The van der Waals surface area contributed by atoms with E-state index in [0.29, 0.717) is 6.04 Å². The van der Waals surface area contributed by atoms with Gasteiger partial charge in [0.05, 0.1) is 15.9 Å². The van der Waals surface area contributed by atoms with E-state index in [1.807, 2.05) is 0 Å². The molecular formula is C14H26BrN3. The molecule has 0 spiro atoms. The number of nitrogens with zero attached hydrogens (tertiary/aromatic N) is 2. The molecule has 1 N–H and O–H groups in total. The number of aryl methyl sites for hydroxylation is 2. The Balaban J connectivity index is 3.00. The average molecular weight is 316 g/mol. The van der Waals surface area contributed by atoms with Crippen molar-refractivity contribution in [3.05, 3.63) is 15.9 Å². The molecule has 0 saturated carbocycles. The zero-order valence-corrected chi connectivity index (χ0v) is 14.1. The van der Waals surface area contributed by atoms with Crippen molar-refractivity contribution in [3.63, 3.8) is 0 Å². The Hall–Kier alpha value is -0.350. The summed E-state index contributed by atoms with van der Waals surface area (Å²) in [6, 6.07) is 0.459. The van der Waals surface area contributed by atoms with Crippen LogP contribution in [0.5, 0.6) is 0 Å². The predicted molar refractivity (Wildman–Crippen MR) is 81.0 cm³/mol. The van der Waals surface area contributed by atoms with Crippen molar-refractivity contribution >= 4 is 15.9 Å². The van der Waals surface area contributed by atoms with Crippen LogP contribution >= 0.6 is 15.9 Å². The van der Waals surface area contributed by atoms with Crippen LogP contribution in [0.1, 0.15) is 46.0 Å². The molecule has 1 aromatic heterocycles. The zero-order chi connectivity index (χ0) is 13.9. The molecule has 0 fully saturated rings. The quantitative estimate of drug-likeness (QED) is 0.900. The highest BCUT2D eigenvalue weighted by atomic mass is 79.9. The maximum atomic E-state index is 4.57. The smallest absolute Gasteiger partial charge is 0.0738 e. The lowest BCUT2D eigenvalue weighted by molar-refractivity contribution is 0.266. The number of halogens is 1. The van der Waals surface area contributed by atoms with Crippen LogP contribution in [0.2, 0.25) is 0 Å². The fourth-order valence-corrected chi connectivity index (χ4v) is 2.63. The van der Waals surface area contributed by atoms with Gasteiger partial charge in [0.25, 0.3) is 0 Å². The number of nitrogens with one attached hydrogen (secondary N) is 1. The first-order valence-electron chi connectivity index (χ1n) is 6.76. The van der Waals surface area contributed by atoms with Gasteiger partial charge in [-0.25, -0.2) is 0 Å². The topological polar surface area (TPSA) is 29.9 Å². The minimum Gasteiger partial charge on any atom is -0.313 e. The second-order valence-electron chi connectivity index (χ2n) is 5.84. The third kappa shape index (κ3) is 3.58. The first kappa shape index (κ1) is 15.7. The summed E-state index contributed by atoms with van der Waals surface area (Å²) in [5, 5.41) is 8.16. The molecule has 0 bridgehead atoms. The second-order valence-corrected chi connectivity index (χ2v) is 6.64. The fraction of sp³-hybridized carbons (Fsp3) is 0.786. The van der Waals surface area contributed by atoms with E-state index in [0.717, 1.165) is 29.7 Å². The van der Waals surface area contributed by atoms with Crippen molar-refractivity contribution in [1.82, 2.24) is 15.1 Å². The van der Waals surface area contributed by atoms with Gasteiger partial charge in [-0.2, -0.15) is 5.10 Å². The number of aromatic nitrogens is 2. The fourth-order valence-electron chi connectivity index (χ4n) is 2.19. The summed E-state index contributed by atoms with van der Waals surface area (Å²) >= 11 is 3.68. The molecule has 0 saturated heterocycles. The molecule has 1 aromatic rings. The van der Waals surface area contributed by atoms with Crippen molar-refractivity contribution in [2.45, 2.75) is 60.5 Å². The molecule has 0 aliphatic rings. The van der Waals surface area contributed by atoms with Gasteiger partial charge in [0, 0.05) is 19.0 Å². The minimum atomic E-state index is 0.242. The van der Waals surface area contributed by atoms with Crippen LogP contribution in [0.15, 0.2) is 4.47 Å². The Labute approximate surface area is 119 Å². The van der Waals surface area contributed by atoms with E-state index in [-0.39, 0.29) is 5.41 Å². The highest BCUT2D eigenvalue weighted by Gasteiger charge is 2.26. The number of hydrogen-bond acceptors (Lipinski definition) is 2. The van der Waals surface area contributed by atoms with Gasteiger partial charge in [-0.15, -0.1) is 0 Å². The Bertz CT molecular complexity index is 390. The van der Waals surface area contributed by atoms with Crippen LogP contribution in [-0.4, -0.2) is 22.4 Å². The van der Waals surface area contributed by atoms with Crippen molar-refractivity contribution in [1.29, 1.82) is 0 Å². The average Bonchev–Trinajstić information content (AvgIpc) is 2.54. The van der Waals surface area contributed by atoms with Crippen LogP contribution < -0.4 is 5.32 Å². The van der Waals surface area contributed by atoms with E-state index in [1.165, 1.54) is 5.69 Å². The standard InChI is InChI=1S/C14H26BrN3/c1-7-16-12(14(4,5)6)9-11-13(15)10(3)17-18(11)8-2/h12,16H,7-9H2,1-6H3. The van der Waals surface area contributed by atoms with E-state index in [1.54, 1.807) is 0 Å². The van der Waals surface area contributed by atoms with Crippen LogP contribution in [0.3, 0.4) is 0 Å². The summed E-state index contributed by atoms with van der Waals surface area (Å²) in [6.07, 6.45) is 1.01. The van der Waals surface area contributed by atoms with Crippen LogP contribution in [0, 0.1) is 12.3 Å². The van der Waals surface area contributed by atoms with Crippen LogP contribution in [0.25, 0.3) is 0 Å². The molecule has 0 aliphatic carbocycles. The van der Waals surface area contributed by atoms with Gasteiger partial charge in [-0.05, 0) is 41.7 Å². The van der Waals surface area contributed by atoms with E-state index >= 15 is 0 Å². The minimum absolute atomic E-state index is 0.242. The molecule has 1 atom stereocenters. The highest BCUT2D eigenvalue weighted by Crippen LogP contribution is 2.27. The van der Waals surface area contributed by atoms with E-state index in [9.17, 15) is 0 Å². The Kier molecular flexibility index (Phi) is 5.41. The lowest BCUT2D eigenvalue weighted by Crippen LogP contribution is -2.42. The highest BCUT2D eigenvalue weighted by molar-refractivity contribution is 9.10. The molecule has 0 amide bonds.